The molecule has 0 aliphatic heterocycles. The summed E-state index contributed by atoms with van der Waals surface area (Å²) in [5, 5.41) is 0. The second-order valence-electron chi connectivity index (χ2n) is 0. The predicted octanol–water partition coefficient (Wildman–Crippen LogP) is 0.215. The van der Waals surface area contributed by atoms with Crippen molar-refractivity contribution in [2.45, 2.75) is 0 Å². The fourth-order valence-electron chi connectivity index (χ4n) is 0. The summed E-state index contributed by atoms with van der Waals surface area (Å²) in [5.74, 6) is 0. The van der Waals surface area contributed by atoms with Crippen LogP contribution in [-0.2, 0) is 34.1 Å². The Morgan fingerprint density at radius 2 is 1.00 bits per heavy atom. The summed E-state index contributed by atoms with van der Waals surface area (Å²) in [6.07, 6.45) is 0. The summed E-state index contributed by atoms with van der Waals surface area (Å²) in [6, 6.07) is 0. The molecule has 0 aliphatic carbocycles. The molecule has 0 spiro atoms. The molecule has 1 atom stereocenters. The van der Waals surface area contributed by atoms with Crippen LogP contribution in [0.25, 0.3) is 0 Å². The molecular formula is H6FeMnNP. The van der Waals surface area contributed by atoms with Crippen molar-refractivity contribution in [3.8, 4) is 0 Å². The Labute approximate surface area is 50.4 Å². The van der Waals surface area contributed by atoms with E-state index in [4.69, 9.17) is 0 Å². The fraction of sp³-hybridized carbons (Fsp3) is 0. The van der Waals surface area contributed by atoms with E-state index in [2.05, 4.69) is 0 Å². The van der Waals surface area contributed by atoms with Crippen molar-refractivity contribution in [2.24, 2.45) is 0 Å². The van der Waals surface area contributed by atoms with Gasteiger partial charge in [-0.3, -0.25) is 0 Å². The molecule has 4 heavy (non-hydrogen) atoms. The second-order valence-corrected chi connectivity index (χ2v) is 0. The molecule has 31 valence electrons. The van der Waals surface area contributed by atoms with E-state index in [1.165, 1.54) is 0 Å². The van der Waals surface area contributed by atoms with Crippen molar-refractivity contribution < 1.29 is 34.1 Å². The molecule has 0 saturated heterocycles. The van der Waals surface area contributed by atoms with Crippen LogP contribution in [0, 0.1) is 0 Å². The van der Waals surface area contributed by atoms with Crippen LogP contribution in [-0.4, -0.2) is 0 Å². The molecule has 0 saturated carbocycles. The first-order chi connectivity index (χ1) is 0. The van der Waals surface area contributed by atoms with Gasteiger partial charge < -0.3 is 6.15 Å². The summed E-state index contributed by atoms with van der Waals surface area (Å²) < 4.78 is 0. The molecule has 0 aromatic heterocycles. The zero-order valence-corrected chi connectivity index (χ0v) is 5.84. The third-order valence-electron chi connectivity index (χ3n) is 0. The van der Waals surface area contributed by atoms with E-state index in [-0.39, 0.29) is 50.2 Å². The SMILES string of the molecule is N.P.[Fe].[Mn]. The predicted molar refractivity (Wildman–Crippen MR) is 16.1 cm³/mol. The van der Waals surface area contributed by atoms with Crippen molar-refractivity contribution in [1.82, 2.24) is 6.15 Å². The number of hydrogen-bond acceptors (Lipinski definition) is 1. The van der Waals surface area contributed by atoms with Crippen molar-refractivity contribution in [3.63, 3.8) is 0 Å². The van der Waals surface area contributed by atoms with Gasteiger partial charge in [0, 0.05) is 34.1 Å². The van der Waals surface area contributed by atoms with Crippen LogP contribution in [0.2, 0.25) is 0 Å². The standard InChI is InChI=1S/Fe.Mn.H3N.H3P/h;;2*1H3. The summed E-state index contributed by atoms with van der Waals surface area (Å²) >= 11 is 0. The van der Waals surface area contributed by atoms with Gasteiger partial charge in [-0.1, -0.05) is 0 Å². The summed E-state index contributed by atoms with van der Waals surface area (Å²) in [5.41, 5.74) is 0. The van der Waals surface area contributed by atoms with Gasteiger partial charge in [0.15, 0.2) is 0 Å². The summed E-state index contributed by atoms with van der Waals surface area (Å²) in [7, 11) is 0. The van der Waals surface area contributed by atoms with Gasteiger partial charge in [0.1, 0.15) is 0 Å². The van der Waals surface area contributed by atoms with Crippen LogP contribution in [0.4, 0.5) is 0 Å². The van der Waals surface area contributed by atoms with Crippen molar-refractivity contribution in [3.05, 3.63) is 0 Å². The van der Waals surface area contributed by atoms with Crippen LogP contribution in [0.15, 0.2) is 0 Å². The largest absolute Gasteiger partial charge is 0.344 e. The molecule has 0 amide bonds. The Morgan fingerprint density at radius 3 is 1.00 bits per heavy atom. The minimum Gasteiger partial charge on any atom is -0.344 e. The smallest absolute Gasteiger partial charge is 0 e. The molecule has 0 rings (SSSR count). The van der Waals surface area contributed by atoms with E-state index in [0.29, 0.717) is 0 Å². The van der Waals surface area contributed by atoms with Gasteiger partial charge in [-0.25, -0.2) is 0 Å². The van der Waals surface area contributed by atoms with Gasteiger partial charge >= 0.3 is 0 Å². The molecule has 0 heterocycles. The van der Waals surface area contributed by atoms with Crippen LogP contribution in [0.1, 0.15) is 0 Å². The van der Waals surface area contributed by atoms with E-state index in [1.807, 2.05) is 0 Å². The van der Waals surface area contributed by atoms with Crippen LogP contribution >= 0.6 is 9.90 Å². The van der Waals surface area contributed by atoms with Crippen molar-refractivity contribution in [1.29, 1.82) is 0 Å². The topological polar surface area (TPSA) is 35.0 Å². The first kappa shape index (κ1) is 52.2. The van der Waals surface area contributed by atoms with Gasteiger partial charge in [-0.2, -0.15) is 9.90 Å². The minimum absolute atomic E-state index is 0. The first-order valence-corrected chi connectivity index (χ1v) is 0. The van der Waals surface area contributed by atoms with Gasteiger partial charge in [0.25, 0.3) is 0 Å². The van der Waals surface area contributed by atoms with Gasteiger partial charge in [0.2, 0.25) is 0 Å². The molecule has 1 radical (unpaired) electrons. The van der Waals surface area contributed by atoms with E-state index in [1.54, 1.807) is 0 Å². The maximum Gasteiger partial charge on any atom is 0 e. The van der Waals surface area contributed by atoms with E-state index in [9.17, 15) is 0 Å². The molecule has 0 aromatic rings. The van der Waals surface area contributed by atoms with Gasteiger partial charge in [-0.15, -0.1) is 0 Å². The average Bonchev–Trinajstić information content (AvgIpc) is 0. The Balaban J connectivity index is 0. The molecule has 1 unspecified atom stereocenters. The Morgan fingerprint density at radius 1 is 1.00 bits per heavy atom. The molecular weight excluding hydrogens is 156 g/mol. The number of hydrogen-bond donors (Lipinski definition) is 1. The fourth-order valence-corrected chi connectivity index (χ4v) is 0. The average molecular weight is 162 g/mol. The van der Waals surface area contributed by atoms with E-state index >= 15 is 0 Å². The quantitative estimate of drug-likeness (QED) is 0.401. The molecule has 4 heteroatoms. The summed E-state index contributed by atoms with van der Waals surface area (Å²) in [4.78, 5) is 0. The maximum absolute atomic E-state index is 0. The molecule has 0 fully saturated rings. The van der Waals surface area contributed by atoms with Crippen LogP contribution < -0.4 is 6.15 Å². The zero-order chi connectivity index (χ0) is 0. The van der Waals surface area contributed by atoms with Gasteiger partial charge in [-0.05, 0) is 0 Å². The van der Waals surface area contributed by atoms with Gasteiger partial charge in [0.05, 0.1) is 0 Å². The Hall–Kier alpha value is 1.43. The molecule has 1 nitrogen and oxygen atoms in total. The second kappa shape index (κ2) is 25.5. The molecule has 0 aliphatic rings. The zero-order valence-electron chi connectivity index (χ0n) is 2.15. The summed E-state index contributed by atoms with van der Waals surface area (Å²) in [6.45, 7) is 0. The Kier molecular flexibility index (Phi) is 333. The van der Waals surface area contributed by atoms with Crippen molar-refractivity contribution >= 4 is 9.90 Å². The van der Waals surface area contributed by atoms with Crippen LogP contribution in [0.5, 0.6) is 0 Å². The molecule has 0 bridgehead atoms. The minimum atomic E-state index is 0. The monoisotopic (exact) mass is 162 g/mol. The van der Waals surface area contributed by atoms with E-state index in [0.717, 1.165) is 0 Å². The third-order valence-corrected chi connectivity index (χ3v) is 0. The van der Waals surface area contributed by atoms with Crippen molar-refractivity contribution in [2.75, 3.05) is 0 Å². The molecule has 0 aromatic carbocycles. The normalized spacial score (nSPS) is 0. The third kappa shape index (κ3) is 9.91. The first-order valence-electron chi connectivity index (χ1n) is 0. The van der Waals surface area contributed by atoms with Crippen LogP contribution in [0.3, 0.4) is 0 Å². The number of rotatable bonds is 0. The molecule has 3 N–H and O–H groups in total. The Bertz CT molecular complexity index is 8.00. The van der Waals surface area contributed by atoms with E-state index < -0.39 is 0 Å². The maximum atomic E-state index is 0.